The van der Waals surface area contributed by atoms with E-state index in [0.29, 0.717) is 19.0 Å². The molecule has 2 N–H and O–H groups in total. The summed E-state index contributed by atoms with van der Waals surface area (Å²) < 4.78 is 10.8. The fraction of sp³-hybridized carbons (Fsp3) is 0.682. The molecule has 0 aliphatic carbocycles. The van der Waals surface area contributed by atoms with Gasteiger partial charge >= 0.3 is 0 Å². The molecule has 0 aliphatic heterocycles. The van der Waals surface area contributed by atoms with Gasteiger partial charge in [0.15, 0.2) is 8.03 Å². The second-order valence-electron chi connectivity index (χ2n) is 7.42. The average Bonchev–Trinajstić information content (AvgIpc) is 2.65. The Labute approximate surface area is 166 Å². The average molecular weight is 396 g/mol. The summed E-state index contributed by atoms with van der Waals surface area (Å²) in [7, 11) is -2.41. The lowest BCUT2D eigenvalue weighted by Gasteiger charge is -2.07. The number of carbonyl (C=O) groups is 1. The van der Waals surface area contributed by atoms with Crippen molar-refractivity contribution in [1.29, 1.82) is 0 Å². The molecule has 1 rings (SSSR count). The van der Waals surface area contributed by atoms with Crippen LogP contribution in [0.15, 0.2) is 24.3 Å². The molecular weight excluding hydrogens is 357 g/mol. The van der Waals surface area contributed by atoms with Crippen LogP contribution in [0.1, 0.15) is 89.5 Å². The second kappa shape index (κ2) is 15.9. The lowest BCUT2D eigenvalue weighted by Crippen LogP contribution is -2.11. The maximum atomic E-state index is 12.0. The van der Waals surface area contributed by atoms with Gasteiger partial charge in [0.1, 0.15) is 0 Å². The fourth-order valence-electron chi connectivity index (χ4n) is 3.18. The van der Waals surface area contributed by atoms with Crippen LogP contribution in [-0.2, 0) is 15.8 Å². The zero-order valence-corrected chi connectivity index (χ0v) is 18.0. The third-order valence-electron chi connectivity index (χ3n) is 4.87. The zero-order chi connectivity index (χ0) is 19.7. The number of benzene rings is 1. The van der Waals surface area contributed by atoms with Gasteiger partial charge in [-0.15, -0.1) is 0 Å². The number of amides is 1. The van der Waals surface area contributed by atoms with Crippen LogP contribution in [-0.4, -0.2) is 17.0 Å². The number of aryl methyl sites for hydroxylation is 1. The van der Waals surface area contributed by atoms with Gasteiger partial charge in [0.05, 0.1) is 0 Å². The molecule has 154 valence electrons. The van der Waals surface area contributed by atoms with Gasteiger partial charge in [-0.05, 0) is 30.5 Å². The molecule has 0 fully saturated rings. The van der Waals surface area contributed by atoms with Gasteiger partial charge in [0.2, 0.25) is 5.91 Å². The van der Waals surface area contributed by atoms with E-state index in [9.17, 15) is 9.36 Å². The van der Waals surface area contributed by atoms with E-state index in [1.54, 1.807) is 0 Å². The third kappa shape index (κ3) is 13.7. The molecule has 0 aromatic heterocycles. The summed E-state index contributed by atoms with van der Waals surface area (Å²) in [5.41, 5.74) is 1.81. The molecule has 0 bridgehead atoms. The summed E-state index contributed by atoms with van der Waals surface area (Å²) in [6, 6.07) is 7.54. The lowest BCUT2D eigenvalue weighted by molar-refractivity contribution is -0.116. The first-order chi connectivity index (χ1) is 13.1. The van der Waals surface area contributed by atoms with E-state index in [2.05, 4.69) is 12.2 Å². The summed E-state index contributed by atoms with van der Waals surface area (Å²) in [5.74, 6) is 0.0686. The molecule has 27 heavy (non-hydrogen) atoms. The van der Waals surface area contributed by atoms with Gasteiger partial charge < -0.3 is 10.2 Å². The van der Waals surface area contributed by atoms with E-state index in [4.69, 9.17) is 4.89 Å². The highest BCUT2D eigenvalue weighted by Crippen LogP contribution is 2.17. The highest BCUT2D eigenvalue weighted by Gasteiger charge is 2.03. The summed E-state index contributed by atoms with van der Waals surface area (Å²) >= 11 is 0. The van der Waals surface area contributed by atoms with E-state index >= 15 is 0 Å². The molecular formula is C22H38NO3P. The minimum Gasteiger partial charge on any atom is -0.346 e. The monoisotopic (exact) mass is 395 g/mol. The largest absolute Gasteiger partial charge is 0.346 e. The molecule has 0 saturated carbocycles. The van der Waals surface area contributed by atoms with Crippen molar-refractivity contribution >= 4 is 19.6 Å². The summed E-state index contributed by atoms with van der Waals surface area (Å²) in [4.78, 5) is 20.9. The number of rotatable bonds is 16. The van der Waals surface area contributed by atoms with Gasteiger partial charge in [-0.2, -0.15) is 0 Å². The molecule has 0 heterocycles. The molecule has 1 amide bonds. The van der Waals surface area contributed by atoms with Crippen LogP contribution in [0, 0.1) is 0 Å². The molecule has 0 aliphatic rings. The summed E-state index contributed by atoms with van der Waals surface area (Å²) in [6.45, 7) is 2.25. The maximum Gasteiger partial charge on any atom is 0.224 e. The minimum absolute atomic E-state index is 0.0686. The number of hydrogen-bond donors (Lipinski definition) is 2. The third-order valence-corrected chi connectivity index (χ3v) is 5.55. The quantitative estimate of drug-likeness (QED) is 0.254. The SMILES string of the molecule is CCCCCCCCCCCCCC(=O)Nc1ccc(CC[PH](=O)O)cc1. The zero-order valence-electron chi connectivity index (χ0n) is 17.0. The summed E-state index contributed by atoms with van der Waals surface area (Å²) in [6.07, 6.45) is 15.6. The molecule has 1 aromatic carbocycles. The Morgan fingerprint density at radius 3 is 1.93 bits per heavy atom. The first-order valence-electron chi connectivity index (χ1n) is 10.7. The van der Waals surface area contributed by atoms with Crippen molar-refractivity contribution in [3.63, 3.8) is 0 Å². The predicted molar refractivity (Wildman–Crippen MR) is 116 cm³/mol. The lowest BCUT2D eigenvalue weighted by atomic mass is 10.1. The smallest absolute Gasteiger partial charge is 0.224 e. The van der Waals surface area contributed by atoms with Crippen molar-refractivity contribution in [2.24, 2.45) is 0 Å². The molecule has 0 spiro atoms. The van der Waals surface area contributed by atoms with E-state index in [-0.39, 0.29) is 5.91 Å². The maximum absolute atomic E-state index is 12.0. The topological polar surface area (TPSA) is 66.4 Å². The Bertz CT molecular complexity index is 531. The first kappa shape index (κ1) is 23.9. The number of carbonyl (C=O) groups excluding carboxylic acids is 1. The van der Waals surface area contributed by atoms with E-state index in [0.717, 1.165) is 24.1 Å². The molecule has 0 saturated heterocycles. The molecule has 1 atom stereocenters. The number of nitrogens with one attached hydrogen (secondary N) is 1. The second-order valence-corrected chi connectivity index (χ2v) is 8.71. The molecule has 1 unspecified atom stereocenters. The minimum atomic E-state index is -2.41. The van der Waals surface area contributed by atoms with Crippen LogP contribution in [0.4, 0.5) is 5.69 Å². The van der Waals surface area contributed by atoms with Crippen LogP contribution in [0.2, 0.25) is 0 Å². The standard InChI is InChI=1S/C22H38NO3P/c1-2-3-4-5-6-7-8-9-10-11-12-13-22(24)23-21-16-14-20(15-17-21)18-19-27(25)26/h14-17,27H,2-13,18-19H2,1H3,(H,23,24)(H,25,26). The summed E-state index contributed by atoms with van der Waals surface area (Å²) in [5, 5.41) is 2.93. The fourth-order valence-corrected chi connectivity index (χ4v) is 3.68. The van der Waals surface area contributed by atoms with Crippen LogP contribution < -0.4 is 5.32 Å². The van der Waals surface area contributed by atoms with Gasteiger partial charge in [-0.25, -0.2) is 0 Å². The normalized spacial score (nSPS) is 12.1. The van der Waals surface area contributed by atoms with Gasteiger partial charge in [-0.1, -0.05) is 83.3 Å². The Hall–Kier alpha value is -1.12. The van der Waals surface area contributed by atoms with Gasteiger partial charge in [-0.3, -0.25) is 9.36 Å². The molecule has 0 radical (unpaired) electrons. The van der Waals surface area contributed by atoms with Crippen molar-refractivity contribution in [3.8, 4) is 0 Å². The molecule has 1 aromatic rings. The molecule has 5 heteroatoms. The van der Waals surface area contributed by atoms with Crippen molar-refractivity contribution in [3.05, 3.63) is 29.8 Å². The Morgan fingerprint density at radius 1 is 0.889 bits per heavy atom. The van der Waals surface area contributed by atoms with Crippen molar-refractivity contribution in [1.82, 2.24) is 0 Å². The van der Waals surface area contributed by atoms with Crippen molar-refractivity contribution in [2.75, 3.05) is 11.5 Å². The first-order valence-corrected chi connectivity index (χ1v) is 12.3. The number of hydrogen-bond acceptors (Lipinski definition) is 2. The van der Waals surface area contributed by atoms with E-state index in [1.165, 1.54) is 57.8 Å². The van der Waals surface area contributed by atoms with Gasteiger partial charge in [0, 0.05) is 18.3 Å². The Morgan fingerprint density at radius 2 is 1.41 bits per heavy atom. The highest BCUT2D eigenvalue weighted by atomic mass is 31.1. The number of anilines is 1. The van der Waals surface area contributed by atoms with E-state index < -0.39 is 8.03 Å². The van der Waals surface area contributed by atoms with Gasteiger partial charge in [0.25, 0.3) is 0 Å². The van der Waals surface area contributed by atoms with E-state index in [1.807, 2.05) is 24.3 Å². The Balaban J connectivity index is 2.01. The predicted octanol–water partition coefficient (Wildman–Crippen LogP) is 6.34. The van der Waals surface area contributed by atoms with Crippen LogP contribution in [0.5, 0.6) is 0 Å². The highest BCUT2D eigenvalue weighted by molar-refractivity contribution is 7.37. The van der Waals surface area contributed by atoms with Crippen LogP contribution in [0.3, 0.4) is 0 Å². The van der Waals surface area contributed by atoms with Crippen molar-refractivity contribution in [2.45, 2.75) is 90.4 Å². The van der Waals surface area contributed by atoms with Crippen LogP contribution >= 0.6 is 8.03 Å². The van der Waals surface area contributed by atoms with Crippen LogP contribution in [0.25, 0.3) is 0 Å². The molecule has 4 nitrogen and oxygen atoms in total. The Kier molecular flexibility index (Phi) is 14.1. The van der Waals surface area contributed by atoms with Crippen molar-refractivity contribution < 1.29 is 14.3 Å². The number of unbranched alkanes of at least 4 members (excludes halogenated alkanes) is 10.